The average molecular weight is 375 g/mol. The number of carbonyl (C=O) groups excluding carboxylic acids is 2. The molecule has 0 spiro atoms. The van der Waals surface area contributed by atoms with Gasteiger partial charge in [0.1, 0.15) is 6.54 Å². The maximum absolute atomic E-state index is 13.8. The topological polar surface area (TPSA) is 69.1 Å². The van der Waals surface area contributed by atoms with Crippen LogP contribution in [-0.4, -0.2) is 39.7 Å². The van der Waals surface area contributed by atoms with Crippen LogP contribution in [0.2, 0.25) is 0 Å². The number of likely N-dealkylation sites (N-methyl/N-ethyl adjacent to an activating group) is 1. The predicted molar refractivity (Wildman–Crippen MR) is 99.6 cm³/mol. The molecule has 1 unspecified atom stereocenters. The zero-order chi connectivity index (χ0) is 20.0. The first-order valence-corrected chi connectivity index (χ1v) is 8.46. The number of rotatable bonds is 7. The van der Waals surface area contributed by atoms with Crippen LogP contribution in [0.1, 0.15) is 21.5 Å². The fraction of sp³-hybridized carbons (Fsp3) is 0.300. The predicted octanol–water partition coefficient (Wildman–Crippen LogP) is 1.58. The van der Waals surface area contributed by atoms with Gasteiger partial charge in [-0.25, -0.2) is 9.18 Å². The Bertz CT molecular complexity index is 839. The second-order valence-electron chi connectivity index (χ2n) is 6.35. The number of quaternary nitrogens is 1. The highest BCUT2D eigenvalue weighted by Crippen LogP contribution is 2.18. The molecule has 2 aromatic carbocycles. The normalized spacial score (nSPS) is 11.6. The number of amides is 1. The molecule has 0 heterocycles. The van der Waals surface area contributed by atoms with Crippen LogP contribution in [-0.2, 0) is 16.1 Å². The number of benzene rings is 2. The standard InChI is InChI=1S/C20H23FN2O4/c1-13-5-7-15(20(25)27-4)10-17(13)22-19(24)12-23(2)11-14-6-8-18(26-3)16(21)9-14/h5-10H,11-12H2,1-4H3,(H,22,24)/p+1. The summed E-state index contributed by atoms with van der Waals surface area (Å²) in [5, 5.41) is 2.81. The van der Waals surface area contributed by atoms with Gasteiger partial charge >= 0.3 is 5.97 Å². The minimum Gasteiger partial charge on any atom is -0.494 e. The lowest BCUT2D eigenvalue weighted by atomic mass is 10.1. The number of ether oxygens (including phenoxy) is 2. The zero-order valence-electron chi connectivity index (χ0n) is 15.9. The minimum atomic E-state index is -0.463. The molecule has 2 rings (SSSR count). The second kappa shape index (κ2) is 9.14. The number of hydrogen-bond acceptors (Lipinski definition) is 4. The van der Waals surface area contributed by atoms with E-state index in [9.17, 15) is 14.0 Å². The summed E-state index contributed by atoms with van der Waals surface area (Å²) in [6.45, 7) is 2.51. The molecule has 0 radical (unpaired) electrons. The molecule has 0 saturated carbocycles. The molecule has 1 atom stereocenters. The van der Waals surface area contributed by atoms with Gasteiger partial charge in [0.25, 0.3) is 5.91 Å². The van der Waals surface area contributed by atoms with Crippen molar-refractivity contribution in [3.63, 3.8) is 0 Å². The highest BCUT2D eigenvalue weighted by atomic mass is 19.1. The lowest BCUT2D eigenvalue weighted by Crippen LogP contribution is -3.08. The first kappa shape index (κ1) is 20.4. The fourth-order valence-electron chi connectivity index (χ4n) is 2.70. The molecule has 0 aromatic heterocycles. The third-order valence-electron chi connectivity index (χ3n) is 4.12. The molecule has 0 fully saturated rings. The summed E-state index contributed by atoms with van der Waals surface area (Å²) in [4.78, 5) is 24.9. The van der Waals surface area contributed by atoms with Crippen molar-refractivity contribution in [2.75, 3.05) is 33.1 Å². The van der Waals surface area contributed by atoms with E-state index in [0.29, 0.717) is 17.8 Å². The molecule has 0 aliphatic carbocycles. The van der Waals surface area contributed by atoms with Crippen LogP contribution in [0.4, 0.5) is 10.1 Å². The van der Waals surface area contributed by atoms with Crippen molar-refractivity contribution in [2.45, 2.75) is 13.5 Å². The summed E-state index contributed by atoms with van der Waals surface area (Å²) >= 11 is 0. The van der Waals surface area contributed by atoms with Gasteiger partial charge in [-0.1, -0.05) is 6.07 Å². The van der Waals surface area contributed by atoms with Crippen molar-refractivity contribution in [1.29, 1.82) is 0 Å². The minimum absolute atomic E-state index is 0.190. The molecule has 1 amide bonds. The number of hydrogen-bond donors (Lipinski definition) is 2. The SMILES string of the molecule is COC(=O)c1ccc(C)c(NC(=O)C[NH+](C)Cc2ccc(OC)c(F)c2)c1. The first-order chi connectivity index (χ1) is 12.8. The van der Waals surface area contributed by atoms with E-state index in [4.69, 9.17) is 9.47 Å². The van der Waals surface area contributed by atoms with E-state index in [1.807, 2.05) is 14.0 Å². The van der Waals surface area contributed by atoms with Gasteiger partial charge in [-0.15, -0.1) is 0 Å². The third-order valence-corrected chi connectivity index (χ3v) is 4.12. The van der Waals surface area contributed by atoms with Gasteiger partial charge in [0.05, 0.1) is 26.8 Å². The molecule has 2 aromatic rings. The van der Waals surface area contributed by atoms with Gasteiger partial charge in [0, 0.05) is 11.3 Å². The number of halogens is 1. The number of aryl methyl sites for hydroxylation is 1. The Balaban J connectivity index is 1.99. The maximum Gasteiger partial charge on any atom is 0.337 e. The van der Waals surface area contributed by atoms with E-state index < -0.39 is 11.8 Å². The molecular formula is C20H24FN2O4+. The Kier molecular flexibility index (Phi) is 6.90. The van der Waals surface area contributed by atoms with Crippen molar-refractivity contribution in [3.05, 3.63) is 58.9 Å². The largest absolute Gasteiger partial charge is 0.494 e. The Labute approximate surface area is 157 Å². The van der Waals surface area contributed by atoms with Crippen LogP contribution < -0.4 is 15.0 Å². The Morgan fingerprint density at radius 3 is 2.52 bits per heavy atom. The van der Waals surface area contributed by atoms with E-state index in [0.717, 1.165) is 16.0 Å². The van der Waals surface area contributed by atoms with Crippen molar-refractivity contribution >= 4 is 17.6 Å². The first-order valence-electron chi connectivity index (χ1n) is 8.46. The Hall–Kier alpha value is -2.93. The summed E-state index contributed by atoms with van der Waals surface area (Å²) in [6, 6.07) is 9.73. The van der Waals surface area contributed by atoms with E-state index in [-0.39, 0.29) is 18.2 Å². The number of esters is 1. The van der Waals surface area contributed by atoms with Gasteiger partial charge in [-0.2, -0.15) is 0 Å². The van der Waals surface area contributed by atoms with E-state index in [1.165, 1.54) is 20.3 Å². The summed E-state index contributed by atoms with van der Waals surface area (Å²) in [5.74, 6) is -0.904. The van der Waals surface area contributed by atoms with Gasteiger partial charge in [-0.05, 0) is 42.8 Å². The number of methoxy groups -OCH3 is 2. The smallest absolute Gasteiger partial charge is 0.337 e. The molecule has 0 bridgehead atoms. The molecule has 0 saturated heterocycles. The third kappa shape index (κ3) is 5.52. The van der Waals surface area contributed by atoms with Gasteiger partial charge < -0.3 is 19.7 Å². The van der Waals surface area contributed by atoms with Crippen LogP contribution >= 0.6 is 0 Å². The molecular weight excluding hydrogens is 351 g/mol. The van der Waals surface area contributed by atoms with Gasteiger partial charge in [-0.3, -0.25) is 4.79 Å². The average Bonchev–Trinajstić information content (AvgIpc) is 2.62. The van der Waals surface area contributed by atoms with Crippen LogP contribution in [0.5, 0.6) is 5.75 Å². The van der Waals surface area contributed by atoms with E-state index in [1.54, 1.807) is 30.3 Å². The van der Waals surface area contributed by atoms with Crippen LogP contribution in [0.15, 0.2) is 36.4 Å². The van der Waals surface area contributed by atoms with Gasteiger partial charge in [0.2, 0.25) is 0 Å². The van der Waals surface area contributed by atoms with E-state index >= 15 is 0 Å². The molecule has 0 aliphatic heterocycles. The van der Waals surface area contributed by atoms with Crippen LogP contribution in [0.25, 0.3) is 0 Å². The summed E-state index contributed by atoms with van der Waals surface area (Å²) in [5.41, 5.74) is 2.53. The number of nitrogens with one attached hydrogen (secondary N) is 2. The fourth-order valence-corrected chi connectivity index (χ4v) is 2.70. The summed E-state index contributed by atoms with van der Waals surface area (Å²) in [6.07, 6.45) is 0. The highest BCUT2D eigenvalue weighted by molar-refractivity contribution is 5.95. The molecule has 6 nitrogen and oxygen atoms in total. The number of carbonyl (C=O) groups is 2. The molecule has 27 heavy (non-hydrogen) atoms. The van der Waals surface area contributed by atoms with Crippen molar-refractivity contribution in [2.24, 2.45) is 0 Å². The van der Waals surface area contributed by atoms with Gasteiger partial charge in [0.15, 0.2) is 18.1 Å². The van der Waals surface area contributed by atoms with Crippen LogP contribution in [0.3, 0.4) is 0 Å². The summed E-state index contributed by atoms with van der Waals surface area (Å²) < 4.78 is 23.4. The summed E-state index contributed by atoms with van der Waals surface area (Å²) in [7, 11) is 4.57. The van der Waals surface area contributed by atoms with E-state index in [2.05, 4.69) is 5.32 Å². The van der Waals surface area contributed by atoms with Crippen molar-refractivity contribution in [1.82, 2.24) is 0 Å². The lowest BCUT2D eigenvalue weighted by Gasteiger charge is -2.15. The maximum atomic E-state index is 13.8. The Morgan fingerprint density at radius 1 is 1.15 bits per heavy atom. The molecule has 144 valence electrons. The Morgan fingerprint density at radius 2 is 1.89 bits per heavy atom. The zero-order valence-corrected chi connectivity index (χ0v) is 15.9. The molecule has 0 aliphatic rings. The molecule has 7 heteroatoms. The monoisotopic (exact) mass is 375 g/mol. The quantitative estimate of drug-likeness (QED) is 0.721. The lowest BCUT2D eigenvalue weighted by molar-refractivity contribution is -0.885. The molecule has 2 N–H and O–H groups in total. The highest BCUT2D eigenvalue weighted by Gasteiger charge is 2.15. The van der Waals surface area contributed by atoms with Crippen molar-refractivity contribution < 1.29 is 28.4 Å². The van der Waals surface area contributed by atoms with Crippen molar-refractivity contribution in [3.8, 4) is 5.75 Å². The second-order valence-corrected chi connectivity index (χ2v) is 6.35. The van der Waals surface area contributed by atoms with Crippen LogP contribution in [0, 0.1) is 12.7 Å². The number of anilines is 1.